The van der Waals surface area contributed by atoms with E-state index in [9.17, 15) is 13.2 Å². The minimum absolute atomic E-state index is 0. The topological polar surface area (TPSA) is 49.3 Å². The number of rotatable bonds is 4. The second-order valence-electron chi connectivity index (χ2n) is 5.73. The van der Waals surface area contributed by atoms with Gasteiger partial charge < -0.3 is 10.6 Å². The fourth-order valence-corrected chi connectivity index (χ4v) is 3.10. The molecule has 0 aliphatic heterocycles. The first-order chi connectivity index (χ1) is 12.8. The summed E-state index contributed by atoms with van der Waals surface area (Å²) in [5.41, 5.74) is 0.916. The number of aryl methyl sites for hydroxylation is 2. The molecular weight excluding hydrogens is 500 g/mol. The summed E-state index contributed by atoms with van der Waals surface area (Å²) in [4.78, 5) is 9.83. The van der Waals surface area contributed by atoms with Crippen LogP contribution in [0.5, 0.6) is 0 Å². The molecule has 152 valence electrons. The first-order valence-electron chi connectivity index (χ1n) is 8.33. The van der Waals surface area contributed by atoms with Crippen LogP contribution in [0.2, 0.25) is 0 Å². The molecule has 28 heavy (non-hydrogen) atoms. The number of halogens is 4. The van der Waals surface area contributed by atoms with Crippen molar-refractivity contribution in [1.82, 2.24) is 15.6 Å². The average Bonchev–Trinajstić information content (AvgIpc) is 2.94. The average molecular weight is 522 g/mol. The first kappa shape index (κ1) is 24.2. The molecule has 2 N–H and O–H groups in total. The molecule has 2 rings (SSSR count). The van der Waals surface area contributed by atoms with Gasteiger partial charge >= 0.3 is 6.18 Å². The van der Waals surface area contributed by atoms with Gasteiger partial charge in [0.15, 0.2) is 5.96 Å². The molecule has 0 atom stereocenters. The predicted molar refractivity (Wildman–Crippen MR) is 118 cm³/mol. The maximum absolute atomic E-state index is 12.5. The number of hydrogen-bond donors (Lipinski definition) is 2. The normalized spacial score (nSPS) is 11.3. The molecule has 0 fully saturated rings. The number of aliphatic imine (C=N–C) groups is 1. The summed E-state index contributed by atoms with van der Waals surface area (Å²) in [6.45, 7) is 5.08. The van der Waals surface area contributed by atoms with Crippen LogP contribution in [-0.4, -0.2) is 31.1 Å². The summed E-state index contributed by atoms with van der Waals surface area (Å²) < 4.78 is 37.5. The van der Waals surface area contributed by atoms with Crippen molar-refractivity contribution in [3.63, 3.8) is 0 Å². The van der Waals surface area contributed by atoms with Crippen LogP contribution in [0.15, 0.2) is 29.3 Å². The van der Waals surface area contributed by atoms with Gasteiger partial charge in [-0.3, -0.25) is 4.99 Å². The third-order valence-electron chi connectivity index (χ3n) is 3.72. The van der Waals surface area contributed by atoms with Gasteiger partial charge in [0.05, 0.1) is 22.8 Å². The van der Waals surface area contributed by atoms with E-state index in [2.05, 4.69) is 39.4 Å². The molecule has 0 saturated heterocycles. The molecule has 0 saturated carbocycles. The maximum Gasteiger partial charge on any atom is 0.416 e. The van der Waals surface area contributed by atoms with E-state index in [1.165, 1.54) is 17.0 Å². The van der Waals surface area contributed by atoms with Crippen LogP contribution in [0.1, 0.15) is 26.7 Å². The minimum atomic E-state index is -4.33. The van der Waals surface area contributed by atoms with E-state index < -0.39 is 11.7 Å². The Kier molecular flexibility index (Phi) is 9.75. The van der Waals surface area contributed by atoms with Crippen LogP contribution in [0, 0.1) is 25.7 Å². The number of aromatic nitrogens is 1. The number of benzene rings is 1. The second-order valence-corrected chi connectivity index (χ2v) is 7.02. The van der Waals surface area contributed by atoms with E-state index in [4.69, 9.17) is 0 Å². The monoisotopic (exact) mass is 522 g/mol. The van der Waals surface area contributed by atoms with Crippen molar-refractivity contribution < 1.29 is 13.2 Å². The highest BCUT2D eigenvalue weighted by atomic mass is 127. The molecule has 0 spiro atoms. The number of alkyl halides is 3. The number of hydrogen-bond acceptors (Lipinski definition) is 3. The fourth-order valence-electron chi connectivity index (χ4n) is 2.17. The number of nitrogens with zero attached hydrogens (tertiary/aromatic N) is 2. The highest BCUT2D eigenvalue weighted by Gasteiger charge is 2.29. The molecule has 0 bridgehead atoms. The third-order valence-corrected chi connectivity index (χ3v) is 4.85. The van der Waals surface area contributed by atoms with Crippen molar-refractivity contribution in [2.45, 2.75) is 26.4 Å². The van der Waals surface area contributed by atoms with Gasteiger partial charge in [-0.2, -0.15) is 13.2 Å². The molecule has 0 amide bonds. The lowest BCUT2D eigenvalue weighted by atomic mass is 10.1. The molecule has 0 unspecified atom stereocenters. The van der Waals surface area contributed by atoms with Crippen LogP contribution in [0.4, 0.5) is 13.2 Å². The Bertz CT molecular complexity index is 829. The first-order valence-corrected chi connectivity index (χ1v) is 9.15. The van der Waals surface area contributed by atoms with Crippen molar-refractivity contribution in [2.75, 3.05) is 20.1 Å². The summed E-state index contributed by atoms with van der Waals surface area (Å²) in [6, 6.07) is 4.78. The van der Waals surface area contributed by atoms with Crippen molar-refractivity contribution in [2.24, 2.45) is 4.99 Å². The SMILES string of the molecule is CN=C(NCC#Cc1ccc(C(F)(F)F)cc1)NCCc1nc(C)c(C)s1.I. The Morgan fingerprint density at radius 3 is 2.39 bits per heavy atom. The standard InChI is InChI=1S/C19H21F3N4S.HI/c1-13-14(2)27-17(26-13)10-12-25-18(23-3)24-11-4-5-15-6-8-16(9-7-15)19(20,21)22;/h6-9H,10-12H2,1-3H3,(H2,23,24,25);1H. The number of nitrogens with one attached hydrogen (secondary N) is 2. The van der Waals surface area contributed by atoms with Gasteiger partial charge in [-0.1, -0.05) is 11.8 Å². The van der Waals surface area contributed by atoms with Crippen LogP contribution < -0.4 is 10.6 Å². The fraction of sp³-hybridized carbons (Fsp3) is 0.368. The summed E-state index contributed by atoms with van der Waals surface area (Å²) in [6.07, 6.45) is -3.53. The van der Waals surface area contributed by atoms with Gasteiger partial charge in [-0.25, -0.2) is 4.98 Å². The van der Waals surface area contributed by atoms with Crippen LogP contribution in [-0.2, 0) is 12.6 Å². The third kappa shape index (κ3) is 7.67. The van der Waals surface area contributed by atoms with E-state index in [-0.39, 0.29) is 24.0 Å². The van der Waals surface area contributed by atoms with Crippen molar-refractivity contribution >= 4 is 41.3 Å². The summed E-state index contributed by atoms with van der Waals surface area (Å²) in [5, 5.41) is 7.31. The largest absolute Gasteiger partial charge is 0.416 e. The Morgan fingerprint density at radius 2 is 1.86 bits per heavy atom. The zero-order valence-corrected chi connectivity index (χ0v) is 18.9. The van der Waals surface area contributed by atoms with Gasteiger partial charge in [-0.05, 0) is 38.1 Å². The van der Waals surface area contributed by atoms with E-state index in [0.717, 1.165) is 29.3 Å². The quantitative estimate of drug-likeness (QED) is 0.275. The summed E-state index contributed by atoms with van der Waals surface area (Å²) in [5.74, 6) is 6.31. The Balaban J connectivity index is 0.00000392. The molecule has 0 radical (unpaired) electrons. The molecule has 9 heteroatoms. The molecule has 1 aromatic heterocycles. The van der Waals surface area contributed by atoms with E-state index in [1.54, 1.807) is 18.4 Å². The summed E-state index contributed by atoms with van der Waals surface area (Å²) >= 11 is 1.69. The molecule has 1 heterocycles. The number of thiazole rings is 1. The smallest absolute Gasteiger partial charge is 0.356 e. The lowest BCUT2D eigenvalue weighted by Gasteiger charge is -2.08. The lowest BCUT2D eigenvalue weighted by molar-refractivity contribution is -0.137. The maximum atomic E-state index is 12.5. The predicted octanol–water partition coefficient (Wildman–Crippen LogP) is 4.16. The van der Waals surface area contributed by atoms with Gasteiger partial charge in [-0.15, -0.1) is 35.3 Å². The van der Waals surface area contributed by atoms with E-state index >= 15 is 0 Å². The van der Waals surface area contributed by atoms with Crippen molar-refractivity contribution in [3.05, 3.63) is 51.0 Å². The van der Waals surface area contributed by atoms with Crippen molar-refractivity contribution in [1.29, 1.82) is 0 Å². The highest BCUT2D eigenvalue weighted by Crippen LogP contribution is 2.28. The van der Waals surface area contributed by atoms with Crippen LogP contribution in [0.3, 0.4) is 0 Å². The Hall–Kier alpha value is -1.80. The molecule has 2 aromatic rings. The van der Waals surface area contributed by atoms with Crippen LogP contribution >= 0.6 is 35.3 Å². The highest BCUT2D eigenvalue weighted by molar-refractivity contribution is 14.0. The zero-order chi connectivity index (χ0) is 19.9. The second kappa shape index (κ2) is 11.3. The van der Waals surface area contributed by atoms with E-state index in [1.807, 2.05) is 6.92 Å². The van der Waals surface area contributed by atoms with Crippen LogP contribution in [0.25, 0.3) is 0 Å². The Labute approximate surface area is 184 Å². The molecule has 4 nitrogen and oxygen atoms in total. The Morgan fingerprint density at radius 1 is 1.18 bits per heavy atom. The molecule has 0 aliphatic carbocycles. The van der Waals surface area contributed by atoms with Gasteiger partial charge in [0, 0.05) is 30.5 Å². The minimum Gasteiger partial charge on any atom is -0.356 e. The van der Waals surface area contributed by atoms with Gasteiger partial charge in [0.25, 0.3) is 0 Å². The van der Waals surface area contributed by atoms with Gasteiger partial charge in [0.2, 0.25) is 0 Å². The zero-order valence-electron chi connectivity index (χ0n) is 15.8. The molecular formula is C19H22F3IN4S. The number of guanidine groups is 1. The summed E-state index contributed by atoms with van der Waals surface area (Å²) in [7, 11) is 1.66. The molecule has 1 aromatic carbocycles. The van der Waals surface area contributed by atoms with Crippen molar-refractivity contribution in [3.8, 4) is 11.8 Å². The van der Waals surface area contributed by atoms with Gasteiger partial charge in [0.1, 0.15) is 0 Å². The van der Waals surface area contributed by atoms with E-state index in [0.29, 0.717) is 24.6 Å². The lowest BCUT2D eigenvalue weighted by Crippen LogP contribution is -2.38. The molecule has 0 aliphatic rings.